The van der Waals surface area contributed by atoms with Crippen LogP contribution in [0, 0.1) is 0 Å². The van der Waals surface area contributed by atoms with E-state index in [9.17, 15) is 4.79 Å². The molecule has 4 heteroatoms. The standard InChI is InChI=1S/C11H11ClO3/c1-11(2)5-7-8(15-11)4-3-6(9(7)12)10(13)14/h3-4H,5H2,1-2H3,(H,13,14). The highest BCUT2D eigenvalue weighted by atomic mass is 35.5. The van der Waals surface area contributed by atoms with Gasteiger partial charge in [0.15, 0.2) is 0 Å². The van der Waals surface area contributed by atoms with Crippen molar-refractivity contribution in [1.82, 2.24) is 0 Å². The first-order chi connectivity index (χ1) is 6.91. The minimum absolute atomic E-state index is 0.136. The Morgan fingerprint density at radius 2 is 2.20 bits per heavy atom. The Morgan fingerprint density at radius 1 is 1.53 bits per heavy atom. The van der Waals surface area contributed by atoms with Crippen molar-refractivity contribution < 1.29 is 14.6 Å². The van der Waals surface area contributed by atoms with Crippen molar-refractivity contribution in [1.29, 1.82) is 0 Å². The SMILES string of the molecule is CC1(C)Cc2c(ccc(C(=O)O)c2Cl)O1. The Labute approximate surface area is 92.6 Å². The van der Waals surface area contributed by atoms with Gasteiger partial charge in [0.1, 0.15) is 11.4 Å². The Morgan fingerprint density at radius 3 is 2.80 bits per heavy atom. The largest absolute Gasteiger partial charge is 0.487 e. The minimum atomic E-state index is -1.01. The molecule has 0 bridgehead atoms. The zero-order chi connectivity index (χ0) is 11.2. The fourth-order valence-electron chi connectivity index (χ4n) is 1.79. The van der Waals surface area contributed by atoms with Crippen LogP contribution >= 0.6 is 11.6 Å². The van der Waals surface area contributed by atoms with Gasteiger partial charge in [-0.2, -0.15) is 0 Å². The molecular weight excluding hydrogens is 216 g/mol. The first-order valence-corrected chi connectivity index (χ1v) is 5.02. The van der Waals surface area contributed by atoms with Crippen molar-refractivity contribution in [3.8, 4) is 5.75 Å². The molecule has 1 N–H and O–H groups in total. The summed E-state index contributed by atoms with van der Waals surface area (Å²) in [6.07, 6.45) is 0.641. The van der Waals surface area contributed by atoms with Crippen molar-refractivity contribution in [3.05, 3.63) is 28.3 Å². The molecule has 2 rings (SSSR count). The van der Waals surface area contributed by atoms with Crippen LogP contribution in [0.5, 0.6) is 5.75 Å². The molecule has 15 heavy (non-hydrogen) atoms. The quantitative estimate of drug-likeness (QED) is 0.801. The number of carboxylic acids is 1. The Hall–Kier alpha value is -1.22. The Bertz CT molecular complexity index is 438. The van der Waals surface area contributed by atoms with E-state index in [-0.39, 0.29) is 11.2 Å². The molecule has 0 fully saturated rings. The van der Waals surface area contributed by atoms with Gasteiger partial charge in [-0.15, -0.1) is 0 Å². The smallest absolute Gasteiger partial charge is 0.337 e. The maximum absolute atomic E-state index is 10.9. The zero-order valence-corrected chi connectivity index (χ0v) is 9.26. The van der Waals surface area contributed by atoms with Gasteiger partial charge in [-0.25, -0.2) is 4.79 Å². The minimum Gasteiger partial charge on any atom is -0.487 e. The first kappa shape index (κ1) is 10.3. The van der Waals surface area contributed by atoms with Crippen molar-refractivity contribution in [2.45, 2.75) is 25.9 Å². The summed E-state index contributed by atoms with van der Waals surface area (Å²) in [7, 11) is 0. The van der Waals surface area contributed by atoms with Gasteiger partial charge in [0.25, 0.3) is 0 Å². The van der Waals surface area contributed by atoms with Gasteiger partial charge < -0.3 is 9.84 Å². The average Bonchev–Trinajstić information content (AvgIpc) is 2.40. The number of halogens is 1. The van der Waals surface area contributed by atoms with Crippen LogP contribution in [0.1, 0.15) is 29.8 Å². The number of ether oxygens (including phenoxy) is 1. The third kappa shape index (κ3) is 1.67. The lowest BCUT2D eigenvalue weighted by Gasteiger charge is -2.16. The average molecular weight is 227 g/mol. The van der Waals surface area contributed by atoms with Gasteiger partial charge in [-0.1, -0.05) is 11.6 Å². The molecule has 0 radical (unpaired) electrons. The number of hydrogen-bond acceptors (Lipinski definition) is 2. The van der Waals surface area contributed by atoms with Gasteiger partial charge in [0.2, 0.25) is 0 Å². The summed E-state index contributed by atoms with van der Waals surface area (Å²) in [5.74, 6) is -0.317. The van der Waals surface area contributed by atoms with Gasteiger partial charge >= 0.3 is 5.97 Å². The van der Waals surface area contributed by atoms with Crippen LogP contribution in [0.25, 0.3) is 0 Å². The molecule has 0 unspecified atom stereocenters. The molecule has 0 atom stereocenters. The van der Waals surface area contributed by atoms with E-state index in [1.165, 1.54) is 6.07 Å². The normalized spacial score (nSPS) is 17.0. The molecule has 1 aromatic rings. The van der Waals surface area contributed by atoms with Gasteiger partial charge in [0.05, 0.1) is 10.6 Å². The number of rotatable bonds is 1. The summed E-state index contributed by atoms with van der Waals surface area (Å²) in [5.41, 5.74) is 0.626. The predicted octanol–water partition coefficient (Wildman–Crippen LogP) is 2.75. The molecule has 80 valence electrons. The van der Waals surface area contributed by atoms with E-state index in [0.29, 0.717) is 17.2 Å². The summed E-state index contributed by atoms with van der Waals surface area (Å²) < 4.78 is 5.63. The second-order valence-electron chi connectivity index (χ2n) is 4.25. The first-order valence-electron chi connectivity index (χ1n) is 4.64. The lowest BCUT2D eigenvalue weighted by molar-refractivity contribution is 0.0697. The monoisotopic (exact) mass is 226 g/mol. The van der Waals surface area contributed by atoms with E-state index in [0.717, 1.165) is 5.56 Å². The molecule has 1 aliphatic heterocycles. The Balaban J connectivity index is 2.53. The third-order valence-corrected chi connectivity index (χ3v) is 2.85. The van der Waals surface area contributed by atoms with E-state index >= 15 is 0 Å². The molecule has 0 saturated heterocycles. The molecular formula is C11H11ClO3. The second-order valence-corrected chi connectivity index (χ2v) is 4.63. The number of hydrogen-bond donors (Lipinski definition) is 1. The van der Waals surface area contributed by atoms with Crippen molar-refractivity contribution in [2.75, 3.05) is 0 Å². The van der Waals surface area contributed by atoms with Crippen LogP contribution in [0.2, 0.25) is 5.02 Å². The number of aromatic carboxylic acids is 1. The summed E-state index contributed by atoms with van der Waals surface area (Å²) in [6.45, 7) is 3.90. The number of carboxylic acid groups (broad SMARTS) is 1. The van der Waals surface area contributed by atoms with Crippen LogP contribution in [-0.4, -0.2) is 16.7 Å². The summed E-state index contributed by atoms with van der Waals surface area (Å²) in [4.78, 5) is 10.9. The molecule has 3 nitrogen and oxygen atoms in total. The fourth-order valence-corrected chi connectivity index (χ4v) is 2.09. The molecule has 0 saturated carbocycles. The summed E-state index contributed by atoms with van der Waals surface area (Å²) >= 11 is 6.02. The van der Waals surface area contributed by atoms with Crippen LogP contribution in [0.3, 0.4) is 0 Å². The topological polar surface area (TPSA) is 46.5 Å². The van der Waals surface area contributed by atoms with Crippen LogP contribution in [0.15, 0.2) is 12.1 Å². The Kier molecular flexibility index (Phi) is 2.15. The second kappa shape index (κ2) is 3.14. The van der Waals surface area contributed by atoms with E-state index in [4.69, 9.17) is 21.4 Å². The highest BCUT2D eigenvalue weighted by molar-refractivity contribution is 6.34. The summed E-state index contributed by atoms with van der Waals surface area (Å²) in [5, 5.41) is 9.20. The van der Waals surface area contributed by atoms with Crippen LogP contribution in [0.4, 0.5) is 0 Å². The third-order valence-electron chi connectivity index (χ3n) is 2.42. The van der Waals surface area contributed by atoms with Crippen molar-refractivity contribution >= 4 is 17.6 Å². The molecule has 0 spiro atoms. The number of fused-ring (bicyclic) bond motifs is 1. The highest BCUT2D eigenvalue weighted by Gasteiger charge is 2.33. The number of benzene rings is 1. The molecule has 1 aliphatic rings. The van der Waals surface area contributed by atoms with Gasteiger partial charge in [-0.3, -0.25) is 0 Å². The van der Waals surface area contributed by atoms with E-state index in [1.807, 2.05) is 13.8 Å². The lowest BCUT2D eigenvalue weighted by atomic mass is 10.00. The molecule has 0 amide bonds. The lowest BCUT2D eigenvalue weighted by Crippen LogP contribution is -2.24. The van der Waals surface area contributed by atoms with E-state index in [1.54, 1.807) is 6.07 Å². The van der Waals surface area contributed by atoms with Gasteiger partial charge in [-0.05, 0) is 26.0 Å². The van der Waals surface area contributed by atoms with E-state index in [2.05, 4.69) is 0 Å². The summed E-state index contributed by atoms with van der Waals surface area (Å²) in [6, 6.07) is 3.14. The number of carbonyl (C=O) groups is 1. The predicted molar refractivity (Wildman–Crippen MR) is 56.8 cm³/mol. The highest BCUT2D eigenvalue weighted by Crippen LogP contribution is 2.40. The van der Waals surface area contributed by atoms with Crippen LogP contribution in [-0.2, 0) is 6.42 Å². The molecule has 0 aromatic heterocycles. The maximum atomic E-state index is 10.9. The molecule has 1 aromatic carbocycles. The van der Waals surface area contributed by atoms with Gasteiger partial charge in [0, 0.05) is 12.0 Å². The van der Waals surface area contributed by atoms with Crippen molar-refractivity contribution in [2.24, 2.45) is 0 Å². The zero-order valence-electron chi connectivity index (χ0n) is 8.50. The fraction of sp³-hybridized carbons (Fsp3) is 0.364. The molecule has 0 aliphatic carbocycles. The molecule has 1 heterocycles. The van der Waals surface area contributed by atoms with Crippen LogP contribution < -0.4 is 4.74 Å². The van der Waals surface area contributed by atoms with E-state index < -0.39 is 5.97 Å². The maximum Gasteiger partial charge on any atom is 0.337 e. The van der Waals surface area contributed by atoms with Crippen molar-refractivity contribution in [3.63, 3.8) is 0 Å².